The molecule has 4 aliphatic rings. The second-order valence-corrected chi connectivity index (χ2v) is 8.15. The molecule has 21 heavy (non-hydrogen) atoms. The van der Waals surface area contributed by atoms with Crippen molar-refractivity contribution in [2.24, 2.45) is 28.8 Å². The molecule has 4 heteroatoms. The van der Waals surface area contributed by atoms with Crippen LogP contribution >= 0.6 is 11.6 Å². The van der Waals surface area contributed by atoms with Gasteiger partial charge in [0.05, 0.1) is 0 Å². The third-order valence-electron chi connectivity index (χ3n) is 5.96. The fourth-order valence-electron chi connectivity index (χ4n) is 5.39. The van der Waals surface area contributed by atoms with Crippen LogP contribution in [0, 0.1) is 23.7 Å². The maximum absolute atomic E-state index is 8.46. The van der Waals surface area contributed by atoms with Gasteiger partial charge in [-0.25, -0.2) is 0 Å². The lowest BCUT2D eigenvalue weighted by Crippen LogP contribution is -2.52. The first-order valence-corrected chi connectivity index (χ1v) is 8.36. The SMILES string of the molecule is [N-]=[N+]=Nc1ccc(CC2C3CC4CC2CC(Cl)(C4)C3)cc1. The lowest BCUT2D eigenvalue weighted by Gasteiger charge is -2.58. The zero-order valence-corrected chi connectivity index (χ0v) is 12.8. The van der Waals surface area contributed by atoms with E-state index in [4.69, 9.17) is 17.1 Å². The molecule has 0 radical (unpaired) electrons. The molecule has 1 aromatic carbocycles. The molecule has 0 aromatic heterocycles. The minimum atomic E-state index is 0.137. The lowest BCUT2D eigenvalue weighted by atomic mass is 9.50. The van der Waals surface area contributed by atoms with Crippen molar-refractivity contribution in [3.8, 4) is 0 Å². The average molecular weight is 302 g/mol. The van der Waals surface area contributed by atoms with Gasteiger partial charge in [-0.3, -0.25) is 0 Å². The van der Waals surface area contributed by atoms with Crippen LogP contribution < -0.4 is 0 Å². The van der Waals surface area contributed by atoms with Gasteiger partial charge < -0.3 is 0 Å². The number of hydrogen-bond acceptors (Lipinski definition) is 1. The molecule has 0 heterocycles. The highest BCUT2D eigenvalue weighted by Crippen LogP contribution is 2.61. The molecule has 4 aliphatic carbocycles. The third kappa shape index (κ3) is 2.43. The van der Waals surface area contributed by atoms with Crippen LogP contribution in [0.25, 0.3) is 10.4 Å². The van der Waals surface area contributed by atoms with E-state index in [1.54, 1.807) is 0 Å². The van der Waals surface area contributed by atoms with Gasteiger partial charge in [0.25, 0.3) is 0 Å². The van der Waals surface area contributed by atoms with Crippen molar-refractivity contribution in [1.82, 2.24) is 0 Å². The van der Waals surface area contributed by atoms with E-state index in [0.717, 1.165) is 30.1 Å². The monoisotopic (exact) mass is 301 g/mol. The summed E-state index contributed by atoms with van der Waals surface area (Å²) in [5, 5.41) is 3.64. The average Bonchev–Trinajstić information content (AvgIpc) is 2.43. The second-order valence-electron chi connectivity index (χ2n) is 7.34. The number of benzene rings is 1. The van der Waals surface area contributed by atoms with Crippen molar-refractivity contribution < 1.29 is 0 Å². The zero-order chi connectivity index (χ0) is 14.4. The number of alkyl halides is 1. The van der Waals surface area contributed by atoms with Gasteiger partial charge in [0, 0.05) is 15.5 Å². The van der Waals surface area contributed by atoms with E-state index < -0.39 is 0 Å². The van der Waals surface area contributed by atoms with Crippen molar-refractivity contribution >= 4 is 17.3 Å². The predicted molar refractivity (Wildman–Crippen MR) is 84.6 cm³/mol. The van der Waals surface area contributed by atoms with E-state index in [0.29, 0.717) is 5.69 Å². The Bertz CT molecular complexity index is 575. The largest absolute Gasteiger partial charge is 0.119 e. The standard InChI is InChI=1S/C17H20ClN3/c18-17-8-12-5-13(9-17)16(14(6-12)10-17)7-11-1-3-15(4-2-11)20-21-19/h1-4,12-14,16H,5-10H2. The van der Waals surface area contributed by atoms with E-state index >= 15 is 0 Å². The molecule has 2 unspecified atom stereocenters. The minimum absolute atomic E-state index is 0.137. The third-order valence-corrected chi connectivity index (χ3v) is 6.42. The molecule has 0 saturated heterocycles. The summed E-state index contributed by atoms with van der Waals surface area (Å²) in [6.45, 7) is 0. The van der Waals surface area contributed by atoms with Gasteiger partial charge in [0.15, 0.2) is 0 Å². The lowest BCUT2D eigenvalue weighted by molar-refractivity contribution is -0.0234. The summed E-state index contributed by atoms with van der Waals surface area (Å²) < 4.78 is 0. The van der Waals surface area contributed by atoms with Gasteiger partial charge in [-0.05, 0) is 73.3 Å². The van der Waals surface area contributed by atoms with Crippen LogP contribution in [0.2, 0.25) is 0 Å². The van der Waals surface area contributed by atoms with E-state index in [1.165, 1.54) is 37.7 Å². The number of azide groups is 1. The second kappa shape index (κ2) is 4.93. The first-order chi connectivity index (χ1) is 10.1. The Kier molecular flexibility index (Phi) is 3.16. The summed E-state index contributed by atoms with van der Waals surface area (Å²) >= 11 is 6.81. The van der Waals surface area contributed by atoms with Gasteiger partial charge in [0.1, 0.15) is 0 Å². The quantitative estimate of drug-likeness (QED) is 0.302. The molecular weight excluding hydrogens is 282 g/mol. The van der Waals surface area contributed by atoms with Crippen LogP contribution in [0.15, 0.2) is 29.4 Å². The Labute approximate surface area is 130 Å². The van der Waals surface area contributed by atoms with Crippen molar-refractivity contribution in [3.63, 3.8) is 0 Å². The van der Waals surface area contributed by atoms with E-state index in [2.05, 4.69) is 22.2 Å². The van der Waals surface area contributed by atoms with Gasteiger partial charge in [-0.2, -0.15) is 0 Å². The Morgan fingerprint density at radius 3 is 2.38 bits per heavy atom. The molecule has 4 saturated carbocycles. The molecule has 2 atom stereocenters. The maximum atomic E-state index is 8.46. The summed E-state index contributed by atoms with van der Waals surface area (Å²) in [6, 6.07) is 8.08. The fourth-order valence-corrected chi connectivity index (χ4v) is 6.00. The number of nitrogens with zero attached hydrogens (tertiary/aromatic N) is 3. The Balaban J connectivity index is 1.51. The molecule has 0 spiro atoms. The first kappa shape index (κ1) is 13.5. The summed E-state index contributed by atoms with van der Waals surface area (Å²) in [7, 11) is 0. The van der Waals surface area contributed by atoms with E-state index in [9.17, 15) is 0 Å². The number of halogens is 1. The smallest absolute Gasteiger partial charge is 0.0455 e. The predicted octanol–water partition coefficient (Wildman–Crippen LogP) is 5.60. The maximum Gasteiger partial charge on any atom is 0.0455 e. The van der Waals surface area contributed by atoms with Gasteiger partial charge >= 0.3 is 0 Å². The van der Waals surface area contributed by atoms with E-state index in [1.807, 2.05) is 12.1 Å². The molecule has 5 rings (SSSR count). The van der Waals surface area contributed by atoms with Gasteiger partial charge in [-0.1, -0.05) is 29.4 Å². The van der Waals surface area contributed by atoms with Crippen LogP contribution in [0.5, 0.6) is 0 Å². The molecule has 0 amide bonds. The molecule has 1 aromatic rings. The number of rotatable bonds is 3. The normalized spacial score (nSPS) is 40.0. The highest BCUT2D eigenvalue weighted by Gasteiger charge is 2.54. The molecule has 4 fully saturated rings. The number of hydrogen-bond donors (Lipinski definition) is 0. The fraction of sp³-hybridized carbons (Fsp3) is 0.647. The summed E-state index contributed by atoms with van der Waals surface area (Å²) in [6.07, 6.45) is 7.66. The highest BCUT2D eigenvalue weighted by atomic mass is 35.5. The Morgan fingerprint density at radius 1 is 1.14 bits per heavy atom. The summed E-state index contributed by atoms with van der Waals surface area (Å²) in [4.78, 5) is 2.97. The zero-order valence-electron chi connectivity index (χ0n) is 12.1. The van der Waals surface area contributed by atoms with E-state index in [-0.39, 0.29) is 4.87 Å². The highest BCUT2D eigenvalue weighted by molar-refractivity contribution is 6.24. The van der Waals surface area contributed by atoms with Crippen LogP contribution in [-0.2, 0) is 6.42 Å². The molecule has 4 bridgehead atoms. The topological polar surface area (TPSA) is 48.8 Å². The summed E-state index contributed by atoms with van der Waals surface area (Å²) in [5.74, 6) is 3.35. The molecule has 0 aliphatic heterocycles. The van der Waals surface area contributed by atoms with Crippen molar-refractivity contribution in [3.05, 3.63) is 40.3 Å². The van der Waals surface area contributed by atoms with Gasteiger partial charge in [0.2, 0.25) is 0 Å². The van der Waals surface area contributed by atoms with Crippen molar-refractivity contribution in [1.29, 1.82) is 0 Å². The minimum Gasteiger partial charge on any atom is -0.119 e. The first-order valence-electron chi connectivity index (χ1n) is 7.98. The molecule has 110 valence electrons. The molecule has 0 N–H and O–H groups in total. The van der Waals surface area contributed by atoms with Gasteiger partial charge in [-0.15, -0.1) is 11.6 Å². The van der Waals surface area contributed by atoms with Crippen LogP contribution in [0.4, 0.5) is 5.69 Å². The van der Waals surface area contributed by atoms with Crippen molar-refractivity contribution in [2.45, 2.75) is 43.4 Å². The van der Waals surface area contributed by atoms with Crippen LogP contribution in [0.1, 0.15) is 37.7 Å². The Hall–Kier alpha value is -1.18. The van der Waals surface area contributed by atoms with Crippen LogP contribution in [-0.4, -0.2) is 4.87 Å². The van der Waals surface area contributed by atoms with Crippen LogP contribution in [0.3, 0.4) is 0 Å². The summed E-state index contributed by atoms with van der Waals surface area (Å²) in [5.41, 5.74) is 10.5. The Morgan fingerprint density at radius 2 is 1.81 bits per heavy atom. The molecule has 3 nitrogen and oxygen atoms in total. The molecular formula is C17H20ClN3. The van der Waals surface area contributed by atoms with Crippen molar-refractivity contribution in [2.75, 3.05) is 0 Å².